The lowest BCUT2D eigenvalue weighted by Gasteiger charge is -2.15. The van der Waals surface area contributed by atoms with Gasteiger partial charge in [0.2, 0.25) is 0 Å². The molecule has 0 bridgehead atoms. The lowest BCUT2D eigenvalue weighted by Crippen LogP contribution is -2.23. The van der Waals surface area contributed by atoms with Crippen molar-refractivity contribution in [1.29, 1.82) is 0 Å². The molecule has 1 aromatic rings. The van der Waals surface area contributed by atoms with Gasteiger partial charge in [-0.15, -0.1) is 0 Å². The molecule has 5 heteroatoms. The Balaban J connectivity index is 1.96. The van der Waals surface area contributed by atoms with Crippen molar-refractivity contribution in [2.75, 3.05) is 31.2 Å². The maximum atomic E-state index is 11.3. The summed E-state index contributed by atoms with van der Waals surface area (Å²) in [4.78, 5) is 0.356. The molecule has 0 radical (unpaired) electrons. The molecule has 18 heavy (non-hydrogen) atoms. The minimum Gasteiger partial charge on any atom is -0.381 e. The van der Waals surface area contributed by atoms with Crippen molar-refractivity contribution < 1.29 is 8.42 Å². The summed E-state index contributed by atoms with van der Waals surface area (Å²) in [5.74, 6) is 0. The molecule has 98 valence electrons. The Morgan fingerprint density at radius 2 is 2.00 bits per heavy atom. The van der Waals surface area contributed by atoms with Crippen LogP contribution in [0.4, 0.5) is 5.69 Å². The van der Waals surface area contributed by atoms with Gasteiger partial charge in [0.15, 0.2) is 9.84 Å². The predicted molar refractivity (Wildman–Crippen MR) is 73.6 cm³/mol. The van der Waals surface area contributed by atoms with Crippen LogP contribution in [0, 0.1) is 0 Å². The average molecular weight is 266 g/mol. The van der Waals surface area contributed by atoms with Crippen molar-refractivity contribution in [2.45, 2.75) is 11.3 Å². The molecule has 0 spiro atoms. The third-order valence-corrected chi connectivity index (χ3v) is 4.09. The SMILES string of the molecule is CS(=O)(=O)c1ccc(NCC2=CCNCC2)cc1. The zero-order valence-corrected chi connectivity index (χ0v) is 11.3. The van der Waals surface area contributed by atoms with Gasteiger partial charge in [0, 0.05) is 25.0 Å². The van der Waals surface area contributed by atoms with E-state index in [0.29, 0.717) is 4.90 Å². The highest BCUT2D eigenvalue weighted by Crippen LogP contribution is 2.14. The average Bonchev–Trinajstić information content (AvgIpc) is 2.37. The minimum atomic E-state index is -3.10. The maximum Gasteiger partial charge on any atom is 0.175 e. The molecule has 1 aliphatic heterocycles. The van der Waals surface area contributed by atoms with E-state index in [1.807, 2.05) is 0 Å². The Morgan fingerprint density at radius 1 is 1.28 bits per heavy atom. The first-order valence-corrected chi connectivity index (χ1v) is 7.87. The van der Waals surface area contributed by atoms with Crippen LogP contribution in [-0.2, 0) is 9.84 Å². The van der Waals surface area contributed by atoms with Gasteiger partial charge in [0.05, 0.1) is 4.90 Å². The van der Waals surface area contributed by atoms with Crippen molar-refractivity contribution in [3.8, 4) is 0 Å². The van der Waals surface area contributed by atoms with E-state index in [0.717, 1.165) is 31.7 Å². The van der Waals surface area contributed by atoms with Crippen LogP contribution in [-0.4, -0.2) is 34.3 Å². The smallest absolute Gasteiger partial charge is 0.175 e. The van der Waals surface area contributed by atoms with Gasteiger partial charge in [-0.05, 0) is 37.2 Å². The highest BCUT2D eigenvalue weighted by molar-refractivity contribution is 7.90. The normalized spacial score (nSPS) is 16.2. The van der Waals surface area contributed by atoms with Crippen molar-refractivity contribution in [3.63, 3.8) is 0 Å². The van der Waals surface area contributed by atoms with Crippen molar-refractivity contribution in [1.82, 2.24) is 5.32 Å². The summed E-state index contributed by atoms with van der Waals surface area (Å²) >= 11 is 0. The fraction of sp³-hybridized carbons (Fsp3) is 0.385. The first-order valence-electron chi connectivity index (χ1n) is 5.98. The van der Waals surface area contributed by atoms with Crippen molar-refractivity contribution in [2.24, 2.45) is 0 Å². The predicted octanol–water partition coefficient (Wildman–Crippen LogP) is 1.42. The molecule has 0 saturated carbocycles. The third-order valence-electron chi connectivity index (χ3n) is 2.96. The van der Waals surface area contributed by atoms with E-state index >= 15 is 0 Å². The third kappa shape index (κ3) is 3.58. The summed E-state index contributed by atoms with van der Waals surface area (Å²) in [6, 6.07) is 6.87. The van der Waals surface area contributed by atoms with Gasteiger partial charge in [-0.1, -0.05) is 11.6 Å². The van der Waals surface area contributed by atoms with Gasteiger partial charge in [-0.25, -0.2) is 8.42 Å². The second kappa shape index (κ2) is 5.54. The van der Waals surface area contributed by atoms with Gasteiger partial charge in [-0.3, -0.25) is 0 Å². The number of sulfone groups is 1. The monoisotopic (exact) mass is 266 g/mol. The standard InChI is InChI=1S/C13H18N2O2S/c1-18(16,17)13-4-2-12(3-5-13)15-10-11-6-8-14-9-7-11/h2-6,14-15H,7-10H2,1H3. The number of benzene rings is 1. The Morgan fingerprint density at radius 3 is 2.56 bits per heavy atom. The van der Waals surface area contributed by atoms with Crippen LogP contribution in [0.5, 0.6) is 0 Å². The van der Waals surface area contributed by atoms with Crippen molar-refractivity contribution >= 4 is 15.5 Å². The Bertz CT molecular complexity index is 533. The summed E-state index contributed by atoms with van der Waals surface area (Å²) < 4.78 is 22.6. The summed E-state index contributed by atoms with van der Waals surface area (Å²) in [6.45, 7) is 2.78. The van der Waals surface area contributed by atoms with E-state index in [4.69, 9.17) is 0 Å². The fourth-order valence-electron chi connectivity index (χ4n) is 1.87. The zero-order valence-electron chi connectivity index (χ0n) is 10.4. The highest BCUT2D eigenvalue weighted by atomic mass is 32.2. The molecule has 0 unspecified atom stereocenters. The van der Waals surface area contributed by atoms with Crippen molar-refractivity contribution in [3.05, 3.63) is 35.9 Å². The van der Waals surface area contributed by atoms with E-state index in [1.54, 1.807) is 24.3 Å². The molecule has 0 aliphatic carbocycles. The van der Waals surface area contributed by atoms with Crippen LogP contribution in [0.25, 0.3) is 0 Å². The van der Waals surface area contributed by atoms with Crippen LogP contribution in [0.3, 0.4) is 0 Å². The van der Waals surface area contributed by atoms with Gasteiger partial charge in [0.25, 0.3) is 0 Å². The second-order valence-corrected chi connectivity index (χ2v) is 6.48. The van der Waals surface area contributed by atoms with E-state index in [-0.39, 0.29) is 0 Å². The molecule has 2 rings (SSSR count). The van der Waals surface area contributed by atoms with Crippen LogP contribution in [0.15, 0.2) is 40.8 Å². The molecule has 1 heterocycles. The fourth-order valence-corrected chi connectivity index (χ4v) is 2.50. The topological polar surface area (TPSA) is 58.2 Å². The molecule has 1 aliphatic rings. The summed E-state index contributed by atoms with van der Waals surface area (Å²) in [5, 5.41) is 6.57. The van der Waals surface area contributed by atoms with E-state index in [2.05, 4.69) is 16.7 Å². The molecule has 0 atom stereocenters. The van der Waals surface area contributed by atoms with E-state index < -0.39 is 9.84 Å². The number of hydrogen-bond acceptors (Lipinski definition) is 4. The van der Waals surface area contributed by atoms with Crippen LogP contribution < -0.4 is 10.6 Å². The van der Waals surface area contributed by atoms with Crippen LogP contribution in [0.1, 0.15) is 6.42 Å². The number of hydrogen-bond donors (Lipinski definition) is 2. The number of nitrogens with one attached hydrogen (secondary N) is 2. The summed E-state index contributed by atoms with van der Waals surface area (Å²) in [7, 11) is -3.10. The number of rotatable bonds is 4. The molecule has 1 aromatic carbocycles. The molecule has 4 nitrogen and oxygen atoms in total. The van der Waals surface area contributed by atoms with Gasteiger partial charge >= 0.3 is 0 Å². The Kier molecular flexibility index (Phi) is 4.04. The maximum absolute atomic E-state index is 11.3. The Hall–Kier alpha value is -1.33. The van der Waals surface area contributed by atoms with Gasteiger partial charge in [0.1, 0.15) is 0 Å². The Labute approximate surface area is 108 Å². The van der Waals surface area contributed by atoms with E-state index in [1.165, 1.54) is 11.8 Å². The van der Waals surface area contributed by atoms with Gasteiger partial charge < -0.3 is 10.6 Å². The zero-order chi connectivity index (χ0) is 13.0. The number of anilines is 1. The first-order chi connectivity index (χ1) is 8.55. The van der Waals surface area contributed by atoms with Gasteiger partial charge in [-0.2, -0.15) is 0 Å². The lowest BCUT2D eigenvalue weighted by atomic mass is 10.1. The largest absolute Gasteiger partial charge is 0.381 e. The minimum absolute atomic E-state index is 0.356. The quantitative estimate of drug-likeness (QED) is 0.809. The summed E-state index contributed by atoms with van der Waals surface area (Å²) in [6.07, 6.45) is 4.48. The molecule has 0 fully saturated rings. The van der Waals surface area contributed by atoms with E-state index in [9.17, 15) is 8.42 Å². The molecular formula is C13H18N2O2S. The van der Waals surface area contributed by atoms with Crippen LogP contribution in [0.2, 0.25) is 0 Å². The molecular weight excluding hydrogens is 248 g/mol. The highest BCUT2D eigenvalue weighted by Gasteiger charge is 2.06. The molecule has 2 N–H and O–H groups in total. The molecule has 0 saturated heterocycles. The van der Waals surface area contributed by atoms with Crippen LogP contribution >= 0.6 is 0 Å². The second-order valence-electron chi connectivity index (χ2n) is 4.47. The molecule has 0 aromatic heterocycles. The molecule has 0 amide bonds. The lowest BCUT2D eigenvalue weighted by molar-refractivity contribution is 0.602. The summed E-state index contributed by atoms with van der Waals surface area (Å²) in [5.41, 5.74) is 2.34. The first kappa shape index (κ1) is 13.1.